The highest BCUT2D eigenvalue weighted by Crippen LogP contribution is 2.33. The highest BCUT2D eigenvalue weighted by Gasteiger charge is 2.46. The van der Waals surface area contributed by atoms with E-state index in [1.54, 1.807) is 25.2 Å². The molecular weight excluding hydrogens is 364 g/mol. The third-order valence-electron chi connectivity index (χ3n) is 5.11. The first kappa shape index (κ1) is 18.1. The largest absolute Gasteiger partial charge is 0.335 e. The summed E-state index contributed by atoms with van der Waals surface area (Å²) in [6, 6.07) is 7.26. The normalized spacial score (nSPS) is 21.9. The Hall–Kier alpha value is -2.32. The summed E-state index contributed by atoms with van der Waals surface area (Å²) in [5, 5.41) is 1.10. The second-order valence-corrected chi connectivity index (χ2v) is 8.42. The Bertz CT molecular complexity index is 876. The second kappa shape index (κ2) is 7.01. The van der Waals surface area contributed by atoms with Crippen LogP contribution in [0.3, 0.4) is 0 Å². The van der Waals surface area contributed by atoms with E-state index in [4.69, 9.17) is 4.98 Å². The number of fused-ring (bicyclic) bond motifs is 1. The maximum absolute atomic E-state index is 12.5. The lowest BCUT2D eigenvalue weighted by Crippen LogP contribution is -2.46. The van der Waals surface area contributed by atoms with Crippen LogP contribution >= 0.6 is 11.3 Å². The van der Waals surface area contributed by atoms with Crippen molar-refractivity contribution in [2.24, 2.45) is 0 Å². The van der Waals surface area contributed by atoms with E-state index in [0.29, 0.717) is 0 Å². The molecule has 2 aliphatic heterocycles. The highest BCUT2D eigenvalue weighted by atomic mass is 32.1. The van der Waals surface area contributed by atoms with Crippen LogP contribution < -0.4 is 0 Å². The van der Waals surface area contributed by atoms with Gasteiger partial charge in [-0.15, -0.1) is 11.3 Å². The van der Waals surface area contributed by atoms with Gasteiger partial charge in [0.15, 0.2) is 0 Å². The second-order valence-electron chi connectivity index (χ2n) is 7.36. The van der Waals surface area contributed by atoms with Crippen molar-refractivity contribution in [3.05, 3.63) is 29.3 Å². The van der Waals surface area contributed by atoms with Crippen molar-refractivity contribution < 1.29 is 14.4 Å². The van der Waals surface area contributed by atoms with E-state index in [1.807, 2.05) is 18.2 Å². The Labute approximate surface area is 161 Å². The Morgan fingerprint density at radius 2 is 1.96 bits per heavy atom. The van der Waals surface area contributed by atoms with Crippen LogP contribution in [0.25, 0.3) is 10.2 Å². The highest BCUT2D eigenvalue weighted by molar-refractivity contribution is 7.18. The molecule has 27 heavy (non-hydrogen) atoms. The molecular formula is C19H22N4O3S. The van der Waals surface area contributed by atoms with Gasteiger partial charge in [0.25, 0.3) is 0 Å². The minimum Gasteiger partial charge on any atom is -0.285 e. The van der Waals surface area contributed by atoms with Crippen LogP contribution in [-0.4, -0.2) is 63.3 Å². The van der Waals surface area contributed by atoms with Gasteiger partial charge in [0.1, 0.15) is 0 Å². The number of hydrogen-bond acceptors (Lipinski definition) is 6. The molecule has 8 heteroatoms. The van der Waals surface area contributed by atoms with Crippen molar-refractivity contribution in [3.8, 4) is 0 Å². The molecule has 0 N–H and O–H groups in total. The number of para-hydroxylation sites is 1. The van der Waals surface area contributed by atoms with Crippen LogP contribution in [0, 0.1) is 0 Å². The smallest absolute Gasteiger partial charge is 0.285 e. The quantitative estimate of drug-likeness (QED) is 0.597. The van der Waals surface area contributed by atoms with E-state index in [2.05, 4.69) is 11.0 Å². The Morgan fingerprint density at radius 3 is 2.67 bits per heavy atom. The molecule has 1 aromatic heterocycles. The van der Waals surface area contributed by atoms with Crippen molar-refractivity contribution in [2.45, 2.75) is 38.6 Å². The summed E-state index contributed by atoms with van der Waals surface area (Å²) in [6.07, 6.45) is 2.01. The maximum Gasteiger partial charge on any atom is 0.335 e. The van der Waals surface area contributed by atoms with Gasteiger partial charge in [0.2, 0.25) is 0 Å². The lowest BCUT2D eigenvalue weighted by molar-refractivity contribution is -0.144. The van der Waals surface area contributed by atoms with Crippen LogP contribution in [-0.2, 0) is 9.59 Å². The van der Waals surface area contributed by atoms with E-state index < -0.39 is 17.8 Å². The molecule has 2 aromatic rings. The maximum atomic E-state index is 12.5. The lowest BCUT2D eigenvalue weighted by Gasteiger charge is -2.33. The minimum atomic E-state index is -0.727. The van der Waals surface area contributed by atoms with Gasteiger partial charge >= 0.3 is 17.8 Å². The molecule has 0 radical (unpaired) electrons. The van der Waals surface area contributed by atoms with Gasteiger partial charge in [0, 0.05) is 18.5 Å². The first-order valence-electron chi connectivity index (χ1n) is 9.22. The topological polar surface area (TPSA) is 73.8 Å². The number of benzene rings is 1. The minimum absolute atomic E-state index is 0.161. The summed E-state index contributed by atoms with van der Waals surface area (Å²) < 4.78 is 1.17. The van der Waals surface area contributed by atoms with E-state index in [0.717, 1.165) is 46.3 Å². The number of likely N-dealkylation sites (tertiary alicyclic amines) is 1. The van der Waals surface area contributed by atoms with Gasteiger partial charge in [-0.1, -0.05) is 12.1 Å². The summed E-state index contributed by atoms with van der Waals surface area (Å²) in [4.78, 5) is 45.8. The summed E-state index contributed by atoms with van der Waals surface area (Å²) in [5.74, 6) is -1.17. The number of amides is 4. The summed E-state index contributed by atoms with van der Waals surface area (Å²) in [5.41, 5.74) is 1.01. The predicted molar refractivity (Wildman–Crippen MR) is 102 cm³/mol. The van der Waals surface area contributed by atoms with Crippen molar-refractivity contribution in [2.75, 3.05) is 19.8 Å². The molecule has 0 saturated carbocycles. The first-order valence-corrected chi connectivity index (χ1v) is 10.0. The van der Waals surface area contributed by atoms with E-state index in [1.165, 1.54) is 4.70 Å². The van der Waals surface area contributed by atoms with Gasteiger partial charge in [-0.3, -0.25) is 19.4 Å². The number of aromatic nitrogens is 1. The number of carbonyl (C=O) groups excluding carboxylic acids is 3. The molecule has 142 valence electrons. The number of urea groups is 1. The monoisotopic (exact) mass is 386 g/mol. The van der Waals surface area contributed by atoms with Crippen molar-refractivity contribution in [1.82, 2.24) is 19.7 Å². The number of carbonyl (C=O) groups is 3. The number of rotatable bonds is 4. The Morgan fingerprint density at radius 1 is 1.19 bits per heavy atom. The van der Waals surface area contributed by atoms with E-state index in [-0.39, 0.29) is 18.6 Å². The fraction of sp³-hybridized carbons (Fsp3) is 0.474. The van der Waals surface area contributed by atoms with Crippen molar-refractivity contribution in [3.63, 3.8) is 0 Å². The van der Waals surface area contributed by atoms with Crippen LogP contribution in [0.5, 0.6) is 0 Å². The number of piperidine rings is 1. The third kappa shape index (κ3) is 3.23. The third-order valence-corrected chi connectivity index (χ3v) is 6.31. The molecule has 0 bridgehead atoms. The predicted octanol–water partition coefficient (Wildman–Crippen LogP) is 2.63. The molecule has 2 fully saturated rings. The molecule has 4 rings (SSSR count). The average Bonchev–Trinajstić information content (AvgIpc) is 3.17. The van der Waals surface area contributed by atoms with Crippen molar-refractivity contribution >= 4 is 39.4 Å². The fourth-order valence-electron chi connectivity index (χ4n) is 3.75. The molecule has 1 aromatic carbocycles. The van der Waals surface area contributed by atoms with Crippen molar-refractivity contribution in [1.29, 1.82) is 0 Å². The number of nitrogens with zero attached hydrogens (tertiary/aromatic N) is 4. The molecule has 2 aliphatic rings. The molecule has 0 aliphatic carbocycles. The number of hydrogen-bond donors (Lipinski definition) is 0. The fourth-order valence-corrected chi connectivity index (χ4v) is 4.85. The van der Waals surface area contributed by atoms with E-state index in [9.17, 15) is 14.4 Å². The molecule has 1 atom stereocenters. The standard InChI is InChI=1S/C19H22N4O3S/c1-12(2)23-18(25)17(24)22(19(23)26)11-21-9-5-6-13(10-21)16-20-14-7-3-4-8-15(14)27-16/h3-4,7-8,12-13H,5-6,9-11H2,1-2H3/t13-/m0/s1. The van der Waals surface area contributed by atoms with Gasteiger partial charge in [-0.05, 0) is 45.4 Å². The first-order chi connectivity index (χ1) is 13.0. The Kier molecular flexibility index (Phi) is 4.69. The summed E-state index contributed by atoms with van der Waals surface area (Å²) >= 11 is 1.71. The Balaban J connectivity index is 1.48. The number of thiazole rings is 1. The molecule has 2 saturated heterocycles. The van der Waals surface area contributed by atoms with Gasteiger partial charge in [0.05, 0.1) is 21.9 Å². The molecule has 7 nitrogen and oxygen atoms in total. The van der Waals surface area contributed by atoms with Gasteiger partial charge < -0.3 is 0 Å². The SMILES string of the molecule is CC(C)N1C(=O)C(=O)N(CN2CCC[C@H](c3nc4ccccc4s3)C2)C1=O. The van der Waals surface area contributed by atoms with Crippen LogP contribution in [0.4, 0.5) is 4.79 Å². The lowest BCUT2D eigenvalue weighted by atomic mass is 9.99. The summed E-state index contributed by atoms with van der Waals surface area (Å²) in [7, 11) is 0. The van der Waals surface area contributed by atoms with Crippen LogP contribution in [0.1, 0.15) is 37.6 Å². The summed E-state index contributed by atoms with van der Waals surface area (Å²) in [6.45, 7) is 5.16. The number of imide groups is 2. The molecule has 0 unspecified atom stereocenters. The van der Waals surface area contributed by atoms with Gasteiger partial charge in [-0.2, -0.15) is 0 Å². The van der Waals surface area contributed by atoms with Gasteiger partial charge in [-0.25, -0.2) is 14.7 Å². The van der Waals surface area contributed by atoms with Crippen LogP contribution in [0.2, 0.25) is 0 Å². The zero-order chi connectivity index (χ0) is 19.1. The molecule has 3 heterocycles. The zero-order valence-corrected chi connectivity index (χ0v) is 16.2. The molecule has 0 spiro atoms. The van der Waals surface area contributed by atoms with E-state index >= 15 is 0 Å². The zero-order valence-electron chi connectivity index (χ0n) is 15.4. The average molecular weight is 386 g/mol. The van der Waals surface area contributed by atoms with Crippen LogP contribution in [0.15, 0.2) is 24.3 Å². The molecule has 4 amide bonds.